The van der Waals surface area contributed by atoms with Gasteiger partial charge in [0.15, 0.2) is 16.7 Å². The van der Waals surface area contributed by atoms with Crippen molar-refractivity contribution in [2.45, 2.75) is 35.0 Å². The van der Waals surface area contributed by atoms with Crippen LogP contribution in [0.15, 0.2) is 81.5 Å². The minimum absolute atomic E-state index is 0.243. The first-order valence-corrected chi connectivity index (χ1v) is 16.6. The lowest BCUT2D eigenvalue weighted by Gasteiger charge is -2.36. The van der Waals surface area contributed by atoms with Gasteiger partial charge in [-0.25, -0.2) is 15.1 Å². The smallest absolute Gasteiger partial charge is 0.276 e. The summed E-state index contributed by atoms with van der Waals surface area (Å²) in [6.45, 7) is 2.87. The van der Waals surface area contributed by atoms with Crippen molar-refractivity contribution < 1.29 is 13.2 Å². The number of fused-ring (bicyclic) bond motifs is 1. The molecular formula is C27H26N6O3S4. The molecule has 0 atom stereocenters. The van der Waals surface area contributed by atoms with Gasteiger partial charge in [0, 0.05) is 52.1 Å². The molecule has 0 aliphatic carbocycles. The number of ether oxygens (including phenoxy) is 1. The highest BCUT2D eigenvalue weighted by molar-refractivity contribution is 7.99. The third kappa shape index (κ3) is 5.85. The maximum absolute atomic E-state index is 11.7. The molecule has 1 aliphatic rings. The molecule has 4 aromatic heterocycles. The van der Waals surface area contributed by atoms with Crippen molar-refractivity contribution in [2.75, 3.05) is 18.4 Å². The lowest BCUT2D eigenvalue weighted by Crippen LogP contribution is -2.46. The fraction of sp³-hybridized carbons (Fsp3) is 0.222. The molecule has 40 heavy (non-hydrogen) atoms. The number of aromatic nitrogens is 3. The fourth-order valence-electron chi connectivity index (χ4n) is 4.53. The first kappa shape index (κ1) is 27.1. The summed E-state index contributed by atoms with van der Waals surface area (Å²) < 4.78 is 32.2. The third-order valence-corrected chi connectivity index (χ3v) is 10.8. The van der Waals surface area contributed by atoms with E-state index < -0.39 is 10.2 Å². The molecule has 0 saturated carbocycles. The molecule has 0 amide bonds. The van der Waals surface area contributed by atoms with E-state index in [0.717, 1.165) is 25.7 Å². The molecule has 5 aromatic rings. The first-order chi connectivity index (χ1) is 19.3. The molecule has 0 spiro atoms. The lowest BCUT2D eigenvalue weighted by molar-refractivity contribution is 0.245. The van der Waals surface area contributed by atoms with Crippen LogP contribution in [0.5, 0.6) is 11.5 Å². The van der Waals surface area contributed by atoms with E-state index in [1.807, 2.05) is 71.7 Å². The Morgan fingerprint density at radius 1 is 1.10 bits per heavy atom. The van der Waals surface area contributed by atoms with Crippen LogP contribution >= 0.6 is 34.4 Å². The van der Waals surface area contributed by atoms with Crippen molar-refractivity contribution in [3.05, 3.63) is 77.4 Å². The minimum atomic E-state index is -3.68. The Morgan fingerprint density at radius 3 is 2.67 bits per heavy atom. The van der Waals surface area contributed by atoms with Crippen LogP contribution in [0.25, 0.3) is 10.2 Å². The van der Waals surface area contributed by atoms with Crippen LogP contribution in [0, 0.1) is 0 Å². The summed E-state index contributed by atoms with van der Waals surface area (Å²) >= 11 is 4.77. The van der Waals surface area contributed by atoms with E-state index in [-0.39, 0.29) is 5.41 Å². The highest BCUT2D eigenvalue weighted by Crippen LogP contribution is 2.41. The van der Waals surface area contributed by atoms with Gasteiger partial charge in [-0.2, -0.15) is 12.7 Å². The predicted octanol–water partition coefficient (Wildman–Crippen LogP) is 6.39. The number of nitrogens with two attached hydrogens (primary N) is 1. The molecule has 206 valence electrons. The number of nitrogens with zero attached hydrogens (tertiary/aromatic N) is 4. The Labute approximate surface area is 244 Å². The Kier molecular flexibility index (Phi) is 7.50. The molecule has 1 aromatic carbocycles. The molecule has 0 bridgehead atoms. The fourth-order valence-corrected chi connectivity index (χ4v) is 7.96. The predicted molar refractivity (Wildman–Crippen MR) is 161 cm³/mol. The van der Waals surface area contributed by atoms with E-state index in [1.165, 1.54) is 15.6 Å². The van der Waals surface area contributed by atoms with E-state index in [4.69, 9.17) is 19.8 Å². The Bertz CT molecular complexity index is 1750. The standard InChI is InChI=1S/C27H26N6O3S4/c1-27(9-12-33(13-10-27)40(28,34)35)23-17-38-26(31-23)32-25-21(36-18-5-3-2-4-6-18)15-19(16-30-25)39-22-7-11-29-20-8-14-37-24(20)22/h2-8,11,14-17H,9-10,12-13H2,1H3,(H2,28,34,35)(H,30,31,32). The van der Waals surface area contributed by atoms with E-state index in [0.29, 0.717) is 48.4 Å². The molecule has 0 unspecified atom stereocenters. The van der Waals surface area contributed by atoms with Gasteiger partial charge in [0.25, 0.3) is 10.2 Å². The van der Waals surface area contributed by atoms with E-state index >= 15 is 0 Å². The van der Waals surface area contributed by atoms with E-state index in [9.17, 15) is 8.42 Å². The molecule has 6 rings (SSSR count). The largest absolute Gasteiger partial charge is 0.453 e. The number of para-hydroxylation sites is 1. The third-order valence-electron chi connectivity index (χ3n) is 6.87. The molecule has 1 saturated heterocycles. The second-order valence-electron chi connectivity index (χ2n) is 9.65. The highest BCUT2D eigenvalue weighted by Gasteiger charge is 2.36. The number of rotatable bonds is 8. The van der Waals surface area contributed by atoms with Gasteiger partial charge < -0.3 is 10.1 Å². The van der Waals surface area contributed by atoms with Crippen LogP contribution in [-0.4, -0.2) is 40.8 Å². The number of piperidine rings is 1. The normalized spacial score (nSPS) is 15.8. The number of benzene rings is 1. The number of pyridine rings is 2. The molecule has 1 fully saturated rings. The van der Waals surface area contributed by atoms with Crippen molar-refractivity contribution in [3.63, 3.8) is 0 Å². The van der Waals surface area contributed by atoms with Crippen LogP contribution in [-0.2, 0) is 15.6 Å². The monoisotopic (exact) mass is 610 g/mol. The van der Waals surface area contributed by atoms with Crippen LogP contribution in [0.3, 0.4) is 0 Å². The second kappa shape index (κ2) is 11.1. The lowest BCUT2D eigenvalue weighted by atomic mass is 9.79. The van der Waals surface area contributed by atoms with Gasteiger partial charge in [-0.05, 0) is 42.5 Å². The zero-order valence-electron chi connectivity index (χ0n) is 21.5. The average molecular weight is 611 g/mol. The van der Waals surface area contributed by atoms with Crippen molar-refractivity contribution in [3.8, 4) is 11.5 Å². The molecule has 3 N–H and O–H groups in total. The molecule has 9 nitrogen and oxygen atoms in total. The van der Waals surface area contributed by atoms with Crippen molar-refractivity contribution in [1.82, 2.24) is 19.3 Å². The van der Waals surface area contributed by atoms with Gasteiger partial charge in [-0.15, -0.1) is 22.7 Å². The summed E-state index contributed by atoms with van der Waals surface area (Å²) in [7, 11) is -3.68. The van der Waals surface area contributed by atoms with E-state index in [1.54, 1.807) is 23.1 Å². The second-order valence-corrected chi connectivity index (χ2v) is 14.1. The Morgan fingerprint density at radius 2 is 1.90 bits per heavy atom. The summed E-state index contributed by atoms with van der Waals surface area (Å²) in [4.78, 5) is 16.1. The summed E-state index contributed by atoms with van der Waals surface area (Å²) in [5, 5.41) is 13.4. The first-order valence-electron chi connectivity index (χ1n) is 12.5. The van der Waals surface area contributed by atoms with Gasteiger partial charge in [-0.3, -0.25) is 4.98 Å². The minimum Gasteiger partial charge on any atom is -0.453 e. The zero-order chi connectivity index (χ0) is 27.7. The van der Waals surface area contributed by atoms with Gasteiger partial charge in [0.05, 0.1) is 15.9 Å². The van der Waals surface area contributed by atoms with Crippen LogP contribution in [0.4, 0.5) is 10.9 Å². The van der Waals surface area contributed by atoms with Crippen LogP contribution in [0.1, 0.15) is 25.5 Å². The molecule has 13 heteroatoms. The number of anilines is 2. The van der Waals surface area contributed by atoms with Crippen molar-refractivity contribution in [1.29, 1.82) is 0 Å². The SMILES string of the molecule is CC1(c2csc(Nc3ncc(Sc4ccnc5ccsc45)cc3Oc3ccccc3)n2)CCN(S(N)(=O)=O)CC1. The Balaban J connectivity index is 1.25. The zero-order valence-corrected chi connectivity index (χ0v) is 24.7. The summed E-state index contributed by atoms with van der Waals surface area (Å²) in [6, 6.07) is 15.6. The van der Waals surface area contributed by atoms with Gasteiger partial charge >= 0.3 is 0 Å². The van der Waals surface area contributed by atoms with E-state index in [2.05, 4.69) is 17.2 Å². The summed E-state index contributed by atoms with van der Waals surface area (Å²) in [6.07, 6.45) is 4.93. The number of thiazole rings is 1. The topological polar surface area (TPSA) is 123 Å². The van der Waals surface area contributed by atoms with Crippen LogP contribution < -0.4 is 15.2 Å². The van der Waals surface area contributed by atoms with Gasteiger partial charge in [0.2, 0.25) is 0 Å². The quantitative estimate of drug-likeness (QED) is 0.207. The van der Waals surface area contributed by atoms with Crippen LogP contribution in [0.2, 0.25) is 0 Å². The summed E-state index contributed by atoms with van der Waals surface area (Å²) in [5.74, 6) is 1.84. The Hall–Kier alpha value is -3.07. The highest BCUT2D eigenvalue weighted by atomic mass is 32.2. The number of nitrogens with one attached hydrogen (secondary N) is 1. The van der Waals surface area contributed by atoms with Crippen molar-refractivity contribution >= 4 is 65.8 Å². The summed E-state index contributed by atoms with van der Waals surface area (Å²) in [5.41, 5.74) is 1.65. The van der Waals surface area contributed by atoms with Gasteiger partial charge in [-0.1, -0.05) is 36.9 Å². The maximum atomic E-state index is 11.7. The maximum Gasteiger partial charge on any atom is 0.276 e. The molecule has 5 heterocycles. The number of hydrogen-bond acceptors (Lipinski definition) is 10. The van der Waals surface area contributed by atoms with Gasteiger partial charge in [0.1, 0.15) is 5.75 Å². The molecule has 1 aliphatic heterocycles. The van der Waals surface area contributed by atoms with Crippen molar-refractivity contribution in [2.24, 2.45) is 5.14 Å². The molecular weight excluding hydrogens is 585 g/mol. The molecule has 0 radical (unpaired) electrons. The number of thiophene rings is 1. The average Bonchev–Trinajstić information content (AvgIpc) is 3.61. The number of hydrogen-bond donors (Lipinski definition) is 2.